The number of anilines is 1. The maximum absolute atomic E-state index is 13.4. The zero-order chi connectivity index (χ0) is 23.3. The summed E-state index contributed by atoms with van der Waals surface area (Å²) in [5.41, 5.74) is 3.28. The second kappa shape index (κ2) is 10.3. The quantitative estimate of drug-likeness (QED) is 0.435. The number of hydrogen-bond acceptors (Lipinski definition) is 4. The van der Waals surface area contributed by atoms with Crippen LogP contribution in [0.2, 0.25) is 0 Å². The largest absolute Gasteiger partial charge is 0.325 e. The molecule has 3 aromatic carbocycles. The highest BCUT2D eigenvalue weighted by molar-refractivity contribution is 7.98. The molecule has 5 nitrogen and oxygen atoms in total. The summed E-state index contributed by atoms with van der Waals surface area (Å²) in [6.07, 6.45) is 1.88. The lowest BCUT2D eigenvalue weighted by Gasteiger charge is -2.21. The fourth-order valence-electron chi connectivity index (χ4n) is 3.19. The van der Waals surface area contributed by atoms with Gasteiger partial charge in [-0.05, 0) is 42.5 Å². The van der Waals surface area contributed by atoms with Crippen molar-refractivity contribution in [1.29, 1.82) is 0 Å². The van der Waals surface area contributed by atoms with Crippen molar-refractivity contribution in [3.8, 4) is 0 Å². The molecule has 0 aromatic heterocycles. The van der Waals surface area contributed by atoms with Gasteiger partial charge < -0.3 is 5.32 Å². The number of carbonyl (C=O) groups excluding carboxylic acids is 1. The van der Waals surface area contributed by atoms with Crippen molar-refractivity contribution in [2.24, 2.45) is 5.92 Å². The number of sulfonamides is 1. The predicted octanol–water partition coefficient (Wildman–Crippen LogP) is 5.38. The maximum Gasteiger partial charge on any atom is 0.241 e. The molecule has 7 heteroatoms. The van der Waals surface area contributed by atoms with Crippen LogP contribution < -0.4 is 10.0 Å². The van der Waals surface area contributed by atoms with E-state index >= 15 is 0 Å². The summed E-state index contributed by atoms with van der Waals surface area (Å²) < 4.78 is 29.6. The maximum atomic E-state index is 13.4. The summed E-state index contributed by atoms with van der Waals surface area (Å²) in [6, 6.07) is 21.5. The molecule has 168 valence electrons. The smallest absolute Gasteiger partial charge is 0.241 e. The van der Waals surface area contributed by atoms with Crippen LogP contribution in [0.1, 0.15) is 36.6 Å². The minimum absolute atomic E-state index is 0.0994. The predicted molar refractivity (Wildman–Crippen MR) is 131 cm³/mol. The second-order valence-electron chi connectivity index (χ2n) is 7.88. The van der Waals surface area contributed by atoms with Gasteiger partial charge in [-0.1, -0.05) is 74.0 Å². The molecule has 0 heterocycles. The molecule has 0 aliphatic heterocycles. The SMILES string of the molecule is CSc1ccc(S(=O)(=O)NC(c2ccccc2)c2ccc(C)cc2)cc1NC(=O)C(C)C. The number of thioether (sulfide) groups is 1. The van der Waals surface area contributed by atoms with Crippen LogP contribution >= 0.6 is 11.8 Å². The Morgan fingerprint density at radius 1 is 0.906 bits per heavy atom. The summed E-state index contributed by atoms with van der Waals surface area (Å²) in [7, 11) is -3.88. The third-order valence-corrected chi connectivity index (χ3v) is 7.30. The Kier molecular flexibility index (Phi) is 7.77. The van der Waals surface area contributed by atoms with E-state index in [1.54, 1.807) is 26.0 Å². The van der Waals surface area contributed by atoms with E-state index in [9.17, 15) is 13.2 Å². The van der Waals surface area contributed by atoms with Crippen LogP contribution in [0.4, 0.5) is 5.69 Å². The second-order valence-corrected chi connectivity index (χ2v) is 10.4. The molecular weight excluding hydrogens is 440 g/mol. The van der Waals surface area contributed by atoms with Gasteiger partial charge in [-0.2, -0.15) is 4.72 Å². The van der Waals surface area contributed by atoms with Gasteiger partial charge in [0, 0.05) is 10.8 Å². The zero-order valence-electron chi connectivity index (χ0n) is 18.6. The molecule has 0 spiro atoms. The normalized spacial score (nSPS) is 12.5. The van der Waals surface area contributed by atoms with Gasteiger partial charge in [0.05, 0.1) is 16.6 Å². The highest BCUT2D eigenvalue weighted by atomic mass is 32.2. The Labute approximate surface area is 194 Å². The van der Waals surface area contributed by atoms with Gasteiger partial charge >= 0.3 is 0 Å². The Hall–Kier alpha value is -2.61. The highest BCUT2D eigenvalue weighted by Gasteiger charge is 2.24. The summed E-state index contributed by atoms with van der Waals surface area (Å²) in [5.74, 6) is -0.378. The van der Waals surface area contributed by atoms with E-state index in [2.05, 4.69) is 10.0 Å². The van der Waals surface area contributed by atoms with Crippen LogP contribution in [-0.4, -0.2) is 20.6 Å². The number of carbonyl (C=O) groups is 1. The van der Waals surface area contributed by atoms with Crippen molar-refractivity contribution in [2.45, 2.75) is 36.6 Å². The summed E-state index contributed by atoms with van der Waals surface area (Å²) >= 11 is 1.45. The summed E-state index contributed by atoms with van der Waals surface area (Å²) in [6.45, 7) is 5.58. The number of rotatable bonds is 8. The lowest BCUT2D eigenvalue weighted by molar-refractivity contribution is -0.118. The molecule has 1 amide bonds. The van der Waals surface area contributed by atoms with E-state index in [0.717, 1.165) is 21.6 Å². The lowest BCUT2D eigenvalue weighted by atomic mass is 9.99. The minimum atomic E-state index is -3.88. The topological polar surface area (TPSA) is 75.3 Å². The van der Waals surface area contributed by atoms with Crippen LogP contribution in [0, 0.1) is 12.8 Å². The molecule has 0 radical (unpaired) electrons. The average Bonchev–Trinajstić information content (AvgIpc) is 2.78. The van der Waals surface area contributed by atoms with Crippen LogP contribution in [-0.2, 0) is 14.8 Å². The molecule has 2 N–H and O–H groups in total. The molecular formula is C25H28N2O3S2. The van der Waals surface area contributed by atoms with Gasteiger partial charge in [0.15, 0.2) is 0 Å². The van der Waals surface area contributed by atoms with E-state index in [1.165, 1.54) is 17.8 Å². The van der Waals surface area contributed by atoms with E-state index in [4.69, 9.17) is 0 Å². The molecule has 1 unspecified atom stereocenters. The van der Waals surface area contributed by atoms with Crippen molar-refractivity contribution in [1.82, 2.24) is 4.72 Å². The first-order chi connectivity index (χ1) is 15.2. The van der Waals surface area contributed by atoms with Crippen molar-refractivity contribution in [3.05, 3.63) is 89.5 Å². The molecule has 0 bridgehead atoms. The van der Waals surface area contributed by atoms with Crippen LogP contribution in [0.25, 0.3) is 0 Å². The van der Waals surface area contributed by atoms with Crippen molar-refractivity contribution in [2.75, 3.05) is 11.6 Å². The molecule has 32 heavy (non-hydrogen) atoms. The Morgan fingerprint density at radius 2 is 1.53 bits per heavy atom. The van der Waals surface area contributed by atoms with E-state index in [1.807, 2.05) is 67.8 Å². The molecule has 0 saturated carbocycles. The van der Waals surface area contributed by atoms with Crippen LogP contribution in [0.3, 0.4) is 0 Å². The molecule has 3 aromatic rings. The van der Waals surface area contributed by atoms with Crippen molar-refractivity contribution < 1.29 is 13.2 Å². The number of benzene rings is 3. The monoisotopic (exact) mass is 468 g/mol. The Bertz CT molecular complexity index is 1180. The molecule has 0 aliphatic carbocycles. The van der Waals surface area contributed by atoms with Gasteiger partial charge in [0.1, 0.15) is 0 Å². The first kappa shape index (κ1) is 24.0. The fourth-order valence-corrected chi connectivity index (χ4v) is 4.96. The Balaban J connectivity index is 1.99. The van der Waals surface area contributed by atoms with Gasteiger partial charge in [0.2, 0.25) is 15.9 Å². The third-order valence-electron chi connectivity index (χ3n) is 5.08. The molecule has 3 rings (SSSR count). The van der Waals surface area contributed by atoms with Gasteiger partial charge in [-0.3, -0.25) is 4.79 Å². The number of nitrogens with one attached hydrogen (secondary N) is 2. The molecule has 0 fully saturated rings. The van der Waals surface area contributed by atoms with Crippen LogP contribution in [0.15, 0.2) is 82.6 Å². The highest BCUT2D eigenvalue weighted by Crippen LogP contribution is 2.30. The molecule has 0 saturated heterocycles. The number of aryl methyl sites for hydroxylation is 1. The van der Waals surface area contributed by atoms with Gasteiger partial charge in [0.25, 0.3) is 0 Å². The van der Waals surface area contributed by atoms with E-state index in [0.29, 0.717) is 5.69 Å². The van der Waals surface area contributed by atoms with Crippen molar-refractivity contribution >= 4 is 33.4 Å². The number of hydrogen-bond donors (Lipinski definition) is 2. The fraction of sp³-hybridized carbons (Fsp3) is 0.240. The van der Waals surface area contributed by atoms with E-state index < -0.39 is 16.1 Å². The van der Waals surface area contributed by atoms with Gasteiger partial charge in [-0.15, -0.1) is 11.8 Å². The number of amides is 1. The molecule has 0 aliphatic rings. The van der Waals surface area contributed by atoms with Gasteiger partial charge in [-0.25, -0.2) is 8.42 Å². The van der Waals surface area contributed by atoms with E-state index in [-0.39, 0.29) is 16.7 Å². The first-order valence-electron chi connectivity index (χ1n) is 10.3. The standard InChI is InChI=1S/C25H28N2O3S2/c1-17(2)25(28)26-22-16-21(14-15-23(22)31-4)32(29,30)27-24(19-8-6-5-7-9-19)20-12-10-18(3)11-13-20/h5-17,24,27H,1-4H3,(H,26,28). The first-order valence-corrected chi connectivity index (χ1v) is 13.0. The minimum Gasteiger partial charge on any atom is -0.325 e. The third kappa shape index (κ3) is 5.79. The summed E-state index contributed by atoms with van der Waals surface area (Å²) in [4.78, 5) is 13.1. The van der Waals surface area contributed by atoms with Crippen LogP contribution in [0.5, 0.6) is 0 Å². The Morgan fingerprint density at radius 3 is 2.12 bits per heavy atom. The van der Waals surface area contributed by atoms with Crippen molar-refractivity contribution in [3.63, 3.8) is 0 Å². The molecule has 1 atom stereocenters. The average molecular weight is 469 g/mol. The lowest BCUT2D eigenvalue weighted by Crippen LogP contribution is -2.29. The zero-order valence-corrected chi connectivity index (χ0v) is 20.3. The summed E-state index contributed by atoms with van der Waals surface area (Å²) in [5, 5.41) is 2.84.